The van der Waals surface area contributed by atoms with Gasteiger partial charge in [-0.15, -0.1) is 35.3 Å². The molecule has 2 N–H and O–H groups in total. The third-order valence-corrected chi connectivity index (χ3v) is 6.18. The Labute approximate surface area is 213 Å². The maximum absolute atomic E-state index is 5.69. The molecule has 0 amide bonds. The van der Waals surface area contributed by atoms with Crippen molar-refractivity contribution in [1.29, 1.82) is 0 Å². The predicted octanol–water partition coefficient (Wildman–Crippen LogP) is 4.64. The highest BCUT2D eigenvalue weighted by atomic mass is 127. The number of nitrogens with one attached hydrogen (secondary N) is 2. The first-order valence-electron chi connectivity index (χ1n) is 11.3. The van der Waals surface area contributed by atoms with Crippen molar-refractivity contribution in [2.24, 2.45) is 4.99 Å². The van der Waals surface area contributed by atoms with Gasteiger partial charge >= 0.3 is 0 Å². The molecule has 0 saturated carbocycles. The van der Waals surface area contributed by atoms with E-state index < -0.39 is 0 Å². The first-order chi connectivity index (χ1) is 15.3. The highest BCUT2D eigenvalue weighted by molar-refractivity contribution is 14.0. The molecule has 1 fully saturated rings. The van der Waals surface area contributed by atoms with Gasteiger partial charge in [0, 0.05) is 32.3 Å². The van der Waals surface area contributed by atoms with E-state index in [1.54, 1.807) is 0 Å². The second kappa shape index (κ2) is 15.5. The fourth-order valence-corrected chi connectivity index (χ4v) is 4.43. The molecule has 0 aliphatic carbocycles. The van der Waals surface area contributed by atoms with Crippen LogP contribution < -0.4 is 15.5 Å². The van der Waals surface area contributed by atoms with E-state index in [1.807, 2.05) is 18.3 Å². The molecular weight excluding hydrogens is 535 g/mol. The fraction of sp³-hybridized carbons (Fsp3) is 0.542. The van der Waals surface area contributed by atoms with E-state index in [9.17, 15) is 0 Å². The fourth-order valence-electron chi connectivity index (χ4n) is 3.65. The number of piperidine rings is 1. The molecule has 0 radical (unpaired) electrons. The summed E-state index contributed by atoms with van der Waals surface area (Å²) in [6.07, 6.45) is 2.24. The van der Waals surface area contributed by atoms with Crippen LogP contribution in [-0.4, -0.2) is 51.5 Å². The second-order valence-electron chi connectivity index (χ2n) is 7.62. The molecule has 178 valence electrons. The normalized spacial score (nSPS) is 14.8. The number of halogens is 1. The van der Waals surface area contributed by atoms with Crippen molar-refractivity contribution in [2.75, 3.05) is 44.4 Å². The van der Waals surface area contributed by atoms with Crippen LogP contribution in [0.25, 0.3) is 0 Å². The molecule has 2 aromatic rings. The minimum Gasteiger partial charge on any atom is -0.379 e. The van der Waals surface area contributed by atoms with Crippen molar-refractivity contribution in [2.45, 2.75) is 45.9 Å². The van der Waals surface area contributed by atoms with E-state index in [-0.39, 0.29) is 24.0 Å². The highest BCUT2D eigenvalue weighted by Gasteiger charge is 2.20. The Kier molecular flexibility index (Phi) is 13.0. The first kappa shape index (κ1) is 26.9. The number of hydrogen-bond acceptors (Lipinski definition) is 5. The quantitative estimate of drug-likeness (QED) is 0.178. The van der Waals surface area contributed by atoms with E-state index in [4.69, 9.17) is 14.5 Å². The Bertz CT molecular complexity index is 780. The first-order valence-corrected chi connectivity index (χ1v) is 12.2. The summed E-state index contributed by atoms with van der Waals surface area (Å²) < 4.78 is 11.0. The summed E-state index contributed by atoms with van der Waals surface area (Å²) in [5.74, 6) is 0.899. The van der Waals surface area contributed by atoms with Gasteiger partial charge in [-0.3, -0.25) is 0 Å². The van der Waals surface area contributed by atoms with E-state index in [2.05, 4.69) is 64.2 Å². The minimum absolute atomic E-state index is 0. The standard InChI is InChI=1S/C24H36N4O2S.HI/c1-3-25-24(27-22-10-12-28(13-11-22)23-9-6-16-31-23)26-18-20-7-5-8-21(17-20)19-30-15-14-29-4-2;/h5-9,16-17,22H,3-4,10-15,18-19H2,1-2H3,(H2,25,26,27);1H. The number of ether oxygens (including phenoxy) is 2. The zero-order valence-electron chi connectivity index (χ0n) is 19.2. The number of guanidine groups is 1. The SMILES string of the molecule is CCNC(=NCc1cccc(COCCOCC)c1)NC1CCN(c2cccs2)CC1.I. The third-order valence-electron chi connectivity index (χ3n) is 5.25. The Balaban J connectivity index is 0.00000363. The van der Waals surface area contributed by atoms with Crippen LogP contribution in [-0.2, 0) is 22.6 Å². The molecule has 3 rings (SSSR count). The Morgan fingerprint density at radius 3 is 2.59 bits per heavy atom. The van der Waals surface area contributed by atoms with Crippen molar-refractivity contribution in [3.63, 3.8) is 0 Å². The monoisotopic (exact) mass is 572 g/mol. The summed E-state index contributed by atoms with van der Waals surface area (Å²) in [5.41, 5.74) is 2.36. The maximum atomic E-state index is 5.69. The predicted molar refractivity (Wildman–Crippen MR) is 146 cm³/mol. The average molecular weight is 573 g/mol. The lowest BCUT2D eigenvalue weighted by atomic mass is 10.1. The summed E-state index contributed by atoms with van der Waals surface area (Å²) in [4.78, 5) is 7.31. The van der Waals surface area contributed by atoms with Crippen molar-refractivity contribution in [3.8, 4) is 0 Å². The molecule has 0 bridgehead atoms. The van der Waals surface area contributed by atoms with Crippen molar-refractivity contribution < 1.29 is 9.47 Å². The molecule has 1 aromatic heterocycles. The number of thiophene rings is 1. The van der Waals surface area contributed by atoms with Gasteiger partial charge in [0.05, 0.1) is 31.4 Å². The minimum atomic E-state index is 0. The Hall–Kier alpha value is -1.36. The van der Waals surface area contributed by atoms with Crippen LogP contribution in [0.1, 0.15) is 37.8 Å². The summed E-state index contributed by atoms with van der Waals surface area (Å²) in [6, 6.07) is 13.3. The number of aliphatic imine (C=N–C) groups is 1. The van der Waals surface area contributed by atoms with Gasteiger partial charge in [-0.05, 0) is 55.3 Å². The lowest BCUT2D eigenvalue weighted by molar-refractivity contribution is 0.0453. The molecule has 1 aliphatic rings. The molecule has 0 unspecified atom stereocenters. The molecule has 1 aromatic carbocycles. The maximum Gasteiger partial charge on any atom is 0.191 e. The van der Waals surface area contributed by atoms with Gasteiger partial charge in [0.25, 0.3) is 0 Å². The number of hydrogen-bond donors (Lipinski definition) is 2. The van der Waals surface area contributed by atoms with Crippen LogP contribution in [0.2, 0.25) is 0 Å². The molecule has 0 spiro atoms. The number of nitrogens with zero attached hydrogens (tertiary/aromatic N) is 2. The largest absolute Gasteiger partial charge is 0.379 e. The number of rotatable bonds is 11. The molecule has 2 heterocycles. The van der Waals surface area contributed by atoms with E-state index in [0.29, 0.717) is 32.4 Å². The number of benzene rings is 1. The second-order valence-corrected chi connectivity index (χ2v) is 8.55. The van der Waals surface area contributed by atoms with Crippen LogP contribution in [0.5, 0.6) is 0 Å². The summed E-state index contributed by atoms with van der Waals surface area (Å²) in [5, 5.41) is 10.6. The topological polar surface area (TPSA) is 58.1 Å². The van der Waals surface area contributed by atoms with Gasteiger partial charge in [-0.25, -0.2) is 4.99 Å². The van der Waals surface area contributed by atoms with Gasteiger partial charge in [0.2, 0.25) is 0 Å². The molecule has 32 heavy (non-hydrogen) atoms. The van der Waals surface area contributed by atoms with Crippen molar-refractivity contribution in [1.82, 2.24) is 10.6 Å². The molecule has 1 aliphatic heterocycles. The Morgan fingerprint density at radius 1 is 1.09 bits per heavy atom. The number of anilines is 1. The van der Waals surface area contributed by atoms with E-state index >= 15 is 0 Å². The van der Waals surface area contributed by atoms with Crippen molar-refractivity contribution >= 4 is 46.3 Å². The van der Waals surface area contributed by atoms with Crippen LogP contribution in [0, 0.1) is 0 Å². The van der Waals surface area contributed by atoms with Crippen LogP contribution in [0.4, 0.5) is 5.00 Å². The zero-order valence-corrected chi connectivity index (χ0v) is 22.4. The molecule has 1 saturated heterocycles. The van der Waals surface area contributed by atoms with E-state index in [1.165, 1.54) is 16.1 Å². The zero-order chi connectivity index (χ0) is 21.7. The van der Waals surface area contributed by atoms with Crippen LogP contribution >= 0.6 is 35.3 Å². The molecular formula is C24H37IN4O2S. The van der Waals surface area contributed by atoms with Gasteiger partial charge in [-0.2, -0.15) is 0 Å². The Morgan fingerprint density at radius 2 is 1.88 bits per heavy atom. The average Bonchev–Trinajstić information content (AvgIpc) is 3.33. The summed E-state index contributed by atoms with van der Waals surface area (Å²) in [7, 11) is 0. The third kappa shape index (κ3) is 9.25. The van der Waals surface area contributed by atoms with Crippen molar-refractivity contribution in [3.05, 3.63) is 52.9 Å². The molecule has 0 atom stereocenters. The van der Waals surface area contributed by atoms with Crippen LogP contribution in [0.3, 0.4) is 0 Å². The van der Waals surface area contributed by atoms with Gasteiger partial charge < -0.3 is 25.0 Å². The van der Waals surface area contributed by atoms with Gasteiger partial charge in [0.15, 0.2) is 5.96 Å². The van der Waals surface area contributed by atoms with Gasteiger partial charge in [-0.1, -0.05) is 24.3 Å². The smallest absolute Gasteiger partial charge is 0.191 e. The summed E-state index contributed by atoms with van der Waals surface area (Å²) in [6.45, 7) is 10.4. The van der Waals surface area contributed by atoms with Gasteiger partial charge in [0.1, 0.15) is 0 Å². The van der Waals surface area contributed by atoms with Crippen LogP contribution in [0.15, 0.2) is 46.8 Å². The molecule has 8 heteroatoms. The van der Waals surface area contributed by atoms with E-state index in [0.717, 1.165) is 45.0 Å². The summed E-state index contributed by atoms with van der Waals surface area (Å²) >= 11 is 1.82. The highest BCUT2D eigenvalue weighted by Crippen LogP contribution is 2.24. The lowest BCUT2D eigenvalue weighted by Crippen LogP contribution is -2.48. The molecule has 6 nitrogen and oxygen atoms in total. The lowest BCUT2D eigenvalue weighted by Gasteiger charge is -2.33.